The number of piperidine rings is 1. The van der Waals surface area contributed by atoms with E-state index in [1.165, 1.54) is 0 Å². The Hall–Kier alpha value is -1.47. The number of nitrogens with zero attached hydrogens (tertiary/aromatic N) is 3. The Labute approximate surface area is 143 Å². The molecular weight excluding hydrogens is 308 g/mol. The summed E-state index contributed by atoms with van der Waals surface area (Å²) < 4.78 is 11.3. The zero-order chi connectivity index (χ0) is 16.9. The van der Waals surface area contributed by atoms with Crippen molar-refractivity contribution in [1.29, 1.82) is 0 Å². The molecule has 7 heteroatoms. The predicted octanol–water partition coefficient (Wildman–Crippen LogP) is 1.67. The van der Waals surface area contributed by atoms with Crippen LogP contribution in [0.3, 0.4) is 0 Å². The van der Waals surface area contributed by atoms with Gasteiger partial charge in [-0.05, 0) is 38.8 Å². The van der Waals surface area contributed by atoms with Gasteiger partial charge in [-0.1, -0.05) is 13.8 Å². The van der Waals surface area contributed by atoms with Crippen LogP contribution in [0.1, 0.15) is 63.1 Å². The number of carbonyl (C=O) groups is 1. The molecule has 7 nitrogen and oxygen atoms in total. The van der Waals surface area contributed by atoms with E-state index in [4.69, 9.17) is 9.15 Å². The summed E-state index contributed by atoms with van der Waals surface area (Å²) in [6.07, 6.45) is 4.26. The van der Waals surface area contributed by atoms with Gasteiger partial charge in [0.2, 0.25) is 17.7 Å². The van der Waals surface area contributed by atoms with Crippen LogP contribution in [0, 0.1) is 0 Å². The molecule has 24 heavy (non-hydrogen) atoms. The Balaban J connectivity index is 1.38. The zero-order valence-electron chi connectivity index (χ0n) is 14.7. The molecule has 0 aliphatic carbocycles. The molecule has 1 aromatic rings. The van der Waals surface area contributed by atoms with E-state index in [0.29, 0.717) is 24.9 Å². The summed E-state index contributed by atoms with van der Waals surface area (Å²) in [7, 11) is 0. The van der Waals surface area contributed by atoms with Crippen molar-refractivity contribution in [2.45, 2.75) is 57.5 Å². The van der Waals surface area contributed by atoms with Crippen LogP contribution < -0.4 is 5.32 Å². The molecule has 0 radical (unpaired) electrons. The van der Waals surface area contributed by atoms with E-state index in [1.54, 1.807) is 0 Å². The highest BCUT2D eigenvalue weighted by atomic mass is 16.5. The minimum Gasteiger partial charge on any atom is -0.425 e. The molecule has 134 valence electrons. The molecule has 1 unspecified atom stereocenters. The lowest BCUT2D eigenvalue weighted by Crippen LogP contribution is -2.43. The van der Waals surface area contributed by atoms with E-state index in [0.717, 1.165) is 51.3 Å². The van der Waals surface area contributed by atoms with Crippen molar-refractivity contribution in [3.8, 4) is 0 Å². The first-order chi connectivity index (χ1) is 11.6. The van der Waals surface area contributed by atoms with Gasteiger partial charge < -0.3 is 14.5 Å². The largest absolute Gasteiger partial charge is 0.425 e. The van der Waals surface area contributed by atoms with E-state index in [-0.39, 0.29) is 17.9 Å². The first kappa shape index (κ1) is 17.4. The van der Waals surface area contributed by atoms with Gasteiger partial charge in [0, 0.05) is 25.0 Å². The normalized spacial score (nSPS) is 23.0. The standard InChI is InChI=1S/C17H28N4O3/c1-12(2)16-19-20-17(24-16)13-5-7-21(8-6-13)11-15(22)18-10-14-4-3-9-23-14/h12-14H,3-11H2,1-2H3,(H,18,22). The summed E-state index contributed by atoms with van der Waals surface area (Å²) in [5.41, 5.74) is 0. The number of carbonyl (C=O) groups excluding carboxylic acids is 1. The Morgan fingerprint density at radius 2 is 2.08 bits per heavy atom. The van der Waals surface area contributed by atoms with Crippen LogP contribution >= 0.6 is 0 Å². The maximum Gasteiger partial charge on any atom is 0.234 e. The smallest absolute Gasteiger partial charge is 0.234 e. The third-order valence-electron chi connectivity index (χ3n) is 4.81. The van der Waals surface area contributed by atoms with Crippen molar-refractivity contribution in [2.24, 2.45) is 0 Å². The maximum absolute atomic E-state index is 12.0. The summed E-state index contributed by atoms with van der Waals surface area (Å²) in [4.78, 5) is 14.2. The SMILES string of the molecule is CC(C)c1nnc(C2CCN(CC(=O)NCC3CCCO3)CC2)o1. The number of nitrogens with one attached hydrogen (secondary N) is 1. The quantitative estimate of drug-likeness (QED) is 0.851. The average molecular weight is 336 g/mol. The van der Waals surface area contributed by atoms with Gasteiger partial charge in [-0.3, -0.25) is 9.69 Å². The van der Waals surface area contributed by atoms with Gasteiger partial charge in [0.25, 0.3) is 0 Å². The van der Waals surface area contributed by atoms with E-state index in [1.807, 2.05) is 0 Å². The van der Waals surface area contributed by atoms with Gasteiger partial charge in [0.1, 0.15) is 0 Å². The van der Waals surface area contributed by atoms with Crippen molar-refractivity contribution in [3.63, 3.8) is 0 Å². The van der Waals surface area contributed by atoms with E-state index >= 15 is 0 Å². The molecule has 2 saturated heterocycles. The van der Waals surface area contributed by atoms with E-state index in [2.05, 4.69) is 34.3 Å². The average Bonchev–Trinajstić information content (AvgIpc) is 3.25. The lowest BCUT2D eigenvalue weighted by atomic mass is 9.97. The fourth-order valence-electron chi connectivity index (χ4n) is 3.27. The molecule has 1 amide bonds. The van der Waals surface area contributed by atoms with Gasteiger partial charge in [0.05, 0.1) is 12.6 Å². The van der Waals surface area contributed by atoms with Gasteiger partial charge in [-0.15, -0.1) is 10.2 Å². The van der Waals surface area contributed by atoms with Crippen LogP contribution in [0.2, 0.25) is 0 Å². The van der Waals surface area contributed by atoms with E-state index in [9.17, 15) is 4.79 Å². The molecule has 2 aliphatic rings. The molecule has 0 saturated carbocycles. The van der Waals surface area contributed by atoms with Gasteiger partial charge >= 0.3 is 0 Å². The number of amides is 1. The van der Waals surface area contributed by atoms with Crippen molar-refractivity contribution in [1.82, 2.24) is 20.4 Å². The van der Waals surface area contributed by atoms with Crippen LogP contribution in [0.25, 0.3) is 0 Å². The first-order valence-electron chi connectivity index (χ1n) is 9.05. The number of hydrogen-bond donors (Lipinski definition) is 1. The molecule has 1 aromatic heterocycles. The van der Waals surface area contributed by atoms with Gasteiger partial charge in [-0.2, -0.15) is 0 Å². The molecular formula is C17H28N4O3. The summed E-state index contributed by atoms with van der Waals surface area (Å²) in [6, 6.07) is 0. The fourth-order valence-corrected chi connectivity index (χ4v) is 3.27. The van der Waals surface area contributed by atoms with Crippen molar-refractivity contribution in [2.75, 3.05) is 32.8 Å². The molecule has 0 bridgehead atoms. The topological polar surface area (TPSA) is 80.5 Å². The molecule has 2 fully saturated rings. The predicted molar refractivity (Wildman–Crippen MR) is 88.8 cm³/mol. The molecule has 3 heterocycles. The molecule has 0 aromatic carbocycles. The highest BCUT2D eigenvalue weighted by Gasteiger charge is 2.26. The maximum atomic E-state index is 12.0. The summed E-state index contributed by atoms with van der Waals surface area (Å²) >= 11 is 0. The Bertz CT molecular complexity index is 532. The lowest BCUT2D eigenvalue weighted by Gasteiger charge is -2.29. The van der Waals surface area contributed by atoms with Crippen LogP contribution in [-0.2, 0) is 9.53 Å². The summed E-state index contributed by atoms with van der Waals surface area (Å²) in [5, 5.41) is 11.3. The van der Waals surface area contributed by atoms with Crippen molar-refractivity contribution in [3.05, 3.63) is 11.8 Å². The third kappa shape index (κ3) is 4.54. The minimum absolute atomic E-state index is 0.0869. The molecule has 0 spiro atoms. The summed E-state index contributed by atoms with van der Waals surface area (Å²) in [5.74, 6) is 2.13. The fraction of sp³-hybridized carbons (Fsp3) is 0.824. The second kappa shape index (κ2) is 8.07. The molecule has 2 aliphatic heterocycles. The minimum atomic E-state index is 0.0869. The van der Waals surface area contributed by atoms with Crippen molar-refractivity contribution < 1.29 is 13.9 Å². The Morgan fingerprint density at radius 1 is 1.29 bits per heavy atom. The van der Waals surface area contributed by atoms with E-state index < -0.39 is 0 Å². The zero-order valence-corrected chi connectivity index (χ0v) is 14.7. The van der Waals surface area contributed by atoms with Crippen molar-refractivity contribution >= 4 is 5.91 Å². The number of hydrogen-bond acceptors (Lipinski definition) is 6. The highest BCUT2D eigenvalue weighted by Crippen LogP contribution is 2.28. The lowest BCUT2D eigenvalue weighted by molar-refractivity contribution is -0.123. The number of aromatic nitrogens is 2. The van der Waals surface area contributed by atoms with Crippen LogP contribution in [-0.4, -0.2) is 59.9 Å². The second-order valence-electron chi connectivity index (χ2n) is 7.12. The number of rotatable bonds is 6. The van der Waals surface area contributed by atoms with Crippen LogP contribution in [0.5, 0.6) is 0 Å². The van der Waals surface area contributed by atoms with Gasteiger partial charge in [0.15, 0.2) is 0 Å². The Morgan fingerprint density at radius 3 is 2.71 bits per heavy atom. The monoisotopic (exact) mass is 336 g/mol. The number of likely N-dealkylation sites (tertiary alicyclic amines) is 1. The van der Waals surface area contributed by atoms with Gasteiger partial charge in [-0.25, -0.2) is 0 Å². The first-order valence-corrected chi connectivity index (χ1v) is 9.05. The summed E-state index contributed by atoms with van der Waals surface area (Å²) in [6.45, 7) is 7.79. The third-order valence-corrected chi connectivity index (χ3v) is 4.81. The highest BCUT2D eigenvalue weighted by molar-refractivity contribution is 5.78. The second-order valence-corrected chi connectivity index (χ2v) is 7.12. The molecule has 1 atom stereocenters. The van der Waals surface area contributed by atoms with Crippen LogP contribution in [0.15, 0.2) is 4.42 Å². The van der Waals surface area contributed by atoms with Crippen LogP contribution in [0.4, 0.5) is 0 Å². The molecule has 3 rings (SSSR count). The Kier molecular flexibility index (Phi) is 5.84. The molecule has 1 N–H and O–H groups in total. The number of ether oxygens (including phenoxy) is 1.